The third kappa shape index (κ3) is 3.13. The van der Waals surface area contributed by atoms with Crippen LogP contribution in [0.1, 0.15) is 45.2 Å². The van der Waals surface area contributed by atoms with E-state index in [9.17, 15) is 4.79 Å². The molecule has 5 heteroatoms. The zero-order valence-corrected chi connectivity index (χ0v) is 18.4. The SMILES string of the molecule is COc1cc(/C=C/[C@]23NC(=O)CCN2c2ccccc2C3(C)C)ccc1OC(C)C. The fourth-order valence-corrected chi connectivity index (χ4v) is 4.68. The molecule has 2 heterocycles. The lowest BCUT2D eigenvalue weighted by atomic mass is 9.74. The molecular weight excluding hydrogens is 376 g/mol. The van der Waals surface area contributed by atoms with Crippen LogP contribution in [0.4, 0.5) is 5.69 Å². The van der Waals surface area contributed by atoms with Gasteiger partial charge in [-0.05, 0) is 49.2 Å². The molecule has 0 bridgehead atoms. The Bertz CT molecular complexity index is 996. The third-order valence-electron chi connectivity index (χ3n) is 6.21. The van der Waals surface area contributed by atoms with Crippen LogP contribution in [-0.4, -0.2) is 31.3 Å². The fraction of sp³-hybridized carbons (Fsp3) is 0.400. The molecule has 2 aliphatic rings. The van der Waals surface area contributed by atoms with Crippen molar-refractivity contribution in [3.05, 3.63) is 59.7 Å². The summed E-state index contributed by atoms with van der Waals surface area (Å²) < 4.78 is 11.4. The molecule has 1 amide bonds. The average Bonchev–Trinajstić information content (AvgIpc) is 2.91. The van der Waals surface area contributed by atoms with E-state index >= 15 is 0 Å². The van der Waals surface area contributed by atoms with Gasteiger partial charge >= 0.3 is 0 Å². The van der Waals surface area contributed by atoms with Crippen LogP contribution in [0.25, 0.3) is 6.08 Å². The van der Waals surface area contributed by atoms with Crippen molar-refractivity contribution >= 4 is 17.7 Å². The van der Waals surface area contributed by atoms with E-state index in [1.54, 1.807) is 7.11 Å². The maximum Gasteiger partial charge on any atom is 0.223 e. The number of hydrogen-bond acceptors (Lipinski definition) is 4. The second-order valence-corrected chi connectivity index (χ2v) is 8.77. The highest BCUT2D eigenvalue weighted by molar-refractivity contribution is 5.84. The fourth-order valence-electron chi connectivity index (χ4n) is 4.68. The minimum atomic E-state index is -0.619. The summed E-state index contributed by atoms with van der Waals surface area (Å²) in [7, 11) is 1.65. The highest BCUT2D eigenvalue weighted by Crippen LogP contribution is 2.52. The van der Waals surface area contributed by atoms with Gasteiger partial charge in [-0.1, -0.05) is 44.2 Å². The Balaban J connectivity index is 1.75. The first kappa shape index (κ1) is 20.3. The number of anilines is 1. The first-order valence-electron chi connectivity index (χ1n) is 10.5. The van der Waals surface area contributed by atoms with Gasteiger partial charge in [0.05, 0.1) is 13.2 Å². The van der Waals surface area contributed by atoms with E-state index in [2.05, 4.69) is 60.5 Å². The summed E-state index contributed by atoms with van der Waals surface area (Å²) in [6.07, 6.45) is 4.76. The van der Waals surface area contributed by atoms with Crippen molar-refractivity contribution in [2.75, 3.05) is 18.6 Å². The van der Waals surface area contributed by atoms with Gasteiger partial charge in [0.25, 0.3) is 0 Å². The molecule has 158 valence electrons. The molecule has 1 atom stereocenters. The second-order valence-electron chi connectivity index (χ2n) is 8.77. The van der Waals surface area contributed by atoms with E-state index in [1.165, 1.54) is 11.3 Å². The number of nitrogens with zero attached hydrogens (tertiary/aromatic N) is 1. The van der Waals surface area contributed by atoms with Gasteiger partial charge in [-0.25, -0.2) is 0 Å². The summed E-state index contributed by atoms with van der Waals surface area (Å²) in [4.78, 5) is 14.8. The van der Waals surface area contributed by atoms with Gasteiger partial charge in [-0.3, -0.25) is 4.79 Å². The number of benzene rings is 2. The van der Waals surface area contributed by atoms with Crippen molar-refractivity contribution in [3.63, 3.8) is 0 Å². The number of carbonyl (C=O) groups excluding carboxylic acids is 1. The van der Waals surface area contributed by atoms with E-state index < -0.39 is 5.66 Å². The van der Waals surface area contributed by atoms with Gasteiger partial charge in [0.1, 0.15) is 5.66 Å². The molecular formula is C25H30N2O3. The maximum absolute atomic E-state index is 12.5. The predicted octanol–water partition coefficient (Wildman–Crippen LogP) is 4.51. The molecule has 0 unspecified atom stereocenters. The summed E-state index contributed by atoms with van der Waals surface area (Å²) >= 11 is 0. The second kappa shape index (κ2) is 7.38. The summed E-state index contributed by atoms with van der Waals surface area (Å²) in [6, 6.07) is 14.3. The summed E-state index contributed by atoms with van der Waals surface area (Å²) in [5.41, 5.74) is 2.51. The highest BCUT2D eigenvalue weighted by Gasteiger charge is 2.57. The number of amides is 1. The van der Waals surface area contributed by atoms with E-state index in [4.69, 9.17) is 9.47 Å². The lowest BCUT2D eigenvalue weighted by molar-refractivity contribution is -0.124. The highest BCUT2D eigenvalue weighted by atomic mass is 16.5. The van der Waals surface area contributed by atoms with E-state index in [-0.39, 0.29) is 17.4 Å². The van der Waals surface area contributed by atoms with Gasteiger partial charge in [-0.2, -0.15) is 0 Å². The number of hydrogen-bond donors (Lipinski definition) is 1. The number of carbonyl (C=O) groups is 1. The van der Waals surface area contributed by atoms with Crippen molar-refractivity contribution in [2.24, 2.45) is 0 Å². The Kier molecular flexibility index (Phi) is 5.00. The lowest BCUT2D eigenvalue weighted by Crippen LogP contribution is -2.68. The van der Waals surface area contributed by atoms with Gasteiger partial charge in [0, 0.05) is 24.1 Å². The molecule has 0 saturated carbocycles. The third-order valence-corrected chi connectivity index (χ3v) is 6.21. The van der Waals surface area contributed by atoms with Crippen LogP contribution >= 0.6 is 0 Å². The molecule has 2 aromatic carbocycles. The minimum Gasteiger partial charge on any atom is -0.493 e. The minimum absolute atomic E-state index is 0.0722. The van der Waals surface area contributed by atoms with Crippen molar-refractivity contribution in [1.82, 2.24) is 5.32 Å². The lowest BCUT2D eigenvalue weighted by Gasteiger charge is -2.49. The Morgan fingerprint density at radius 1 is 1.13 bits per heavy atom. The molecule has 0 aliphatic carbocycles. The number of nitrogens with one attached hydrogen (secondary N) is 1. The van der Waals surface area contributed by atoms with Crippen LogP contribution < -0.4 is 19.7 Å². The van der Waals surface area contributed by atoms with Crippen LogP contribution in [0.5, 0.6) is 11.5 Å². The zero-order valence-electron chi connectivity index (χ0n) is 18.4. The van der Waals surface area contributed by atoms with Crippen molar-refractivity contribution in [2.45, 2.75) is 51.3 Å². The number of fused-ring (bicyclic) bond motifs is 3. The molecule has 2 aromatic rings. The van der Waals surface area contributed by atoms with E-state index in [0.717, 1.165) is 11.3 Å². The van der Waals surface area contributed by atoms with Gasteiger partial charge in [0.2, 0.25) is 5.91 Å². The molecule has 30 heavy (non-hydrogen) atoms. The Hall–Kier alpha value is -2.95. The standard InChI is InChI=1S/C25H30N2O3/c1-17(2)30-21-11-10-18(16-22(21)29-5)12-14-25-24(3,4)19-8-6-7-9-20(19)27(25)15-13-23(28)26-25/h6-12,14,16-17H,13,15H2,1-5H3,(H,26,28)/b14-12+/t25-/m0/s1. The van der Waals surface area contributed by atoms with Crippen LogP contribution in [0, 0.1) is 0 Å². The van der Waals surface area contributed by atoms with Gasteiger partial charge < -0.3 is 19.7 Å². The number of rotatable bonds is 5. The van der Waals surface area contributed by atoms with Crippen molar-refractivity contribution in [1.29, 1.82) is 0 Å². The molecule has 0 aromatic heterocycles. The van der Waals surface area contributed by atoms with Gasteiger partial charge in [0.15, 0.2) is 11.5 Å². The zero-order chi connectivity index (χ0) is 21.5. The molecule has 2 aliphatic heterocycles. The number of ether oxygens (including phenoxy) is 2. The van der Waals surface area contributed by atoms with E-state index in [1.807, 2.05) is 32.0 Å². The Morgan fingerprint density at radius 3 is 2.63 bits per heavy atom. The topological polar surface area (TPSA) is 50.8 Å². The molecule has 5 nitrogen and oxygen atoms in total. The average molecular weight is 407 g/mol. The molecule has 0 spiro atoms. The normalized spacial score (nSPS) is 22.1. The van der Waals surface area contributed by atoms with Crippen molar-refractivity contribution in [3.8, 4) is 11.5 Å². The summed E-state index contributed by atoms with van der Waals surface area (Å²) in [5.74, 6) is 1.50. The Labute approximate surface area is 178 Å². The smallest absolute Gasteiger partial charge is 0.223 e. The van der Waals surface area contributed by atoms with Crippen molar-refractivity contribution < 1.29 is 14.3 Å². The predicted molar refractivity (Wildman–Crippen MR) is 120 cm³/mol. The van der Waals surface area contributed by atoms with Crippen LogP contribution in [0.3, 0.4) is 0 Å². The van der Waals surface area contributed by atoms with Crippen LogP contribution in [0.2, 0.25) is 0 Å². The largest absolute Gasteiger partial charge is 0.493 e. The van der Waals surface area contributed by atoms with Crippen LogP contribution in [0.15, 0.2) is 48.5 Å². The summed E-state index contributed by atoms with van der Waals surface area (Å²) in [6.45, 7) is 9.07. The first-order chi connectivity index (χ1) is 14.3. The number of methoxy groups -OCH3 is 1. The summed E-state index contributed by atoms with van der Waals surface area (Å²) in [5, 5.41) is 3.31. The maximum atomic E-state index is 12.5. The van der Waals surface area contributed by atoms with E-state index in [0.29, 0.717) is 18.7 Å². The van der Waals surface area contributed by atoms with Gasteiger partial charge in [-0.15, -0.1) is 0 Å². The monoisotopic (exact) mass is 406 g/mol. The molecule has 1 saturated heterocycles. The molecule has 4 rings (SSSR count). The molecule has 1 N–H and O–H groups in total. The number of para-hydroxylation sites is 1. The van der Waals surface area contributed by atoms with Crippen LogP contribution in [-0.2, 0) is 10.2 Å². The Morgan fingerprint density at radius 2 is 1.90 bits per heavy atom. The molecule has 0 radical (unpaired) electrons. The first-order valence-corrected chi connectivity index (χ1v) is 10.5. The molecule has 1 fully saturated rings. The quantitative estimate of drug-likeness (QED) is 0.794.